The molecule has 2 rings (SSSR count). The molecule has 2 N–H and O–H groups in total. The van der Waals surface area contributed by atoms with Gasteiger partial charge in [-0.15, -0.1) is 11.3 Å². The number of nitrogens with zero attached hydrogens (tertiary/aromatic N) is 1. The van der Waals surface area contributed by atoms with Crippen molar-refractivity contribution in [2.75, 3.05) is 26.1 Å². The SMILES string of the molecule is CCNC(=NCc1cccs1)Nc1ccc(OC)c(OC)c1. The van der Waals surface area contributed by atoms with Gasteiger partial charge in [-0.05, 0) is 30.5 Å². The van der Waals surface area contributed by atoms with E-state index in [2.05, 4.69) is 27.1 Å². The molecule has 2 aromatic rings. The lowest BCUT2D eigenvalue weighted by Gasteiger charge is -2.13. The number of guanidine groups is 1. The van der Waals surface area contributed by atoms with Crippen LogP contribution in [0.5, 0.6) is 11.5 Å². The van der Waals surface area contributed by atoms with Gasteiger partial charge in [-0.1, -0.05) is 6.07 Å². The monoisotopic (exact) mass is 319 g/mol. The maximum atomic E-state index is 5.31. The maximum absolute atomic E-state index is 5.31. The van der Waals surface area contributed by atoms with Crippen molar-refractivity contribution in [3.8, 4) is 11.5 Å². The minimum Gasteiger partial charge on any atom is -0.493 e. The average Bonchev–Trinajstić information content (AvgIpc) is 3.06. The van der Waals surface area contributed by atoms with Crippen LogP contribution in [0.2, 0.25) is 0 Å². The standard InChI is InChI=1S/C16H21N3O2S/c1-4-17-16(18-11-13-6-5-9-22-13)19-12-7-8-14(20-2)15(10-12)21-3/h5-10H,4,11H2,1-3H3,(H2,17,18,19). The third-order valence-corrected chi connectivity index (χ3v) is 3.82. The number of methoxy groups -OCH3 is 2. The number of aliphatic imine (C=N–C) groups is 1. The van der Waals surface area contributed by atoms with E-state index in [4.69, 9.17) is 9.47 Å². The van der Waals surface area contributed by atoms with E-state index >= 15 is 0 Å². The molecule has 1 aromatic heterocycles. The minimum atomic E-state index is 0.653. The fourth-order valence-corrected chi connectivity index (χ4v) is 2.55. The number of anilines is 1. The third kappa shape index (κ3) is 4.39. The van der Waals surface area contributed by atoms with Gasteiger partial charge >= 0.3 is 0 Å². The van der Waals surface area contributed by atoms with E-state index in [1.165, 1.54) is 4.88 Å². The van der Waals surface area contributed by atoms with Crippen molar-refractivity contribution < 1.29 is 9.47 Å². The summed E-state index contributed by atoms with van der Waals surface area (Å²) in [6.45, 7) is 3.49. The number of hydrogen-bond acceptors (Lipinski definition) is 4. The summed E-state index contributed by atoms with van der Waals surface area (Å²) in [4.78, 5) is 5.81. The van der Waals surface area contributed by atoms with Gasteiger partial charge in [0.25, 0.3) is 0 Å². The Kier molecular flexibility index (Phi) is 6.09. The zero-order chi connectivity index (χ0) is 15.8. The van der Waals surface area contributed by atoms with Gasteiger partial charge in [0, 0.05) is 23.2 Å². The van der Waals surface area contributed by atoms with E-state index in [1.54, 1.807) is 25.6 Å². The van der Waals surface area contributed by atoms with Gasteiger partial charge in [0.15, 0.2) is 17.5 Å². The molecule has 0 saturated heterocycles. The van der Waals surface area contributed by atoms with Crippen LogP contribution in [0.15, 0.2) is 40.7 Å². The lowest BCUT2D eigenvalue weighted by molar-refractivity contribution is 0.355. The molecule has 5 nitrogen and oxygen atoms in total. The van der Waals surface area contributed by atoms with Gasteiger partial charge in [-0.2, -0.15) is 0 Å². The van der Waals surface area contributed by atoms with E-state index in [9.17, 15) is 0 Å². The number of hydrogen-bond donors (Lipinski definition) is 2. The summed E-state index contributed by atoms with van der Waals surface area (Å²) in [7, 11) is 3.25. The largest absolute Gasteiger partial charge is 0.493 e. The third-order valence-electron chi connectivity index (χ3n) is 2.96. The summed E-state index contributed by atoms with van der Waals surface area (Å²) in [5.41, 5.74) is 0.892. The Balaban J connectivity index is 2.11. The quantitative estimate of drug-likeness (QED) is 0.633. The first-order valence-corrected chi connectivity index (χ1v) is 7.94. The first-order valence-electron chi connectivity index (χ1n) is 7.06. The Bertz CT molecular complexity index is 612. The van der Waals surface area contributed by atoms with E-state index in [-0.39, 0.29) is 0 Å². The van der Waals surface area contributed by atoms with Crippen molar-refractivity contribution >= 4 is 23.0 Å². The van der Waals surface area contributed by atoms with Crippen LogP contribution in [0.3, 0.4) is 0 Å². The van der Waals surface area contributed by atoms with Crippen LogP contribution in [0.4, 0.5) is 5.69 Å². The highest BCUT2D eigenvalue weighted by Crippen LogP contribution is 2.29. The van der Waals surface area contributed by atoms with E-state index in [1.807, 2.05) is 31.2 Å². The van der Waals surface area contributed by atoms with Crippen LogP contribution in [0, 0.1) is 0 Å². The zero-order valence-corrected chi connectivity index (χ0v) is 13.9. The van der Waals surface area contributed by atoms with Gasteiger partial charge in [0.1, 0.15) is 0 Å². The molecular weight excluding hydrogens is 298 g/mol. The molecule has 0 aliphatic carbocycles. The van der Waals surface area contributed by atoms with Gasteiger partial charge < -0.3 is 20.1 Å². The highest BCUT2D eigenvalue weighted by atomic mass is 32.1. The second kappa shape index (κ2) is 8.29. The summed E-state index contributed by atoms with van der Waals surface area (Å²) in [6.07, 6.45) is 0. The van der Waals surface area contributed by atoms with Crippen LogP contribution < -0.4 is 20.1 Å². The smallest absolute Gasteiger partial charge is 0.196 e. The van der Waals surface area contributed by atoms with Crippen molar-refractivity contribution in [3.05, 3.63) is 40.6 Å². The second-order valence-corrected chi connectivity index (χ2v) is 5.50. The number of nitrogens with one attached hydrogen (secondary N) is 2. The lowest BCUT2D eigenvalue weighted by Crippen LogP contribution is -2.30. The Morgan fingerprint density at radius 3 is 2.64 bits per heavy atom. The van der Waals surface area contributed by atoms with Gasteiger partial charge in [-0.3, -0.25) is 0 Å². The Morgan fingerprint density at radius 2 is 2.00 bits per heavy atom. The van der Waals surface area contributed by atoms with Gasteiger partial charge in [0.05, 0.1) is 20.8 Å². The predicted molar refractivity (Wildman–Crippen MR) is 92.3 cm³/mol. The molecule has 6 heteroatoms. The summed E-state index contributed by atoms with van der Waals surface area (Å²) in [5.74, 6) is 2.12. The average molecular weight is 319 g/mol. The van der Waals surface area contributed by atoms with Crippen LogP contribution in [0.25, 0.3) is 0 Å². The van der Waals surface area contributed by atoms with Crippen LogP contribution in [0.1, 0.15) is 11.8 Å². The first kappa shape index (κ1) is 16.2. The highest BCUT2D eigenvalue weighted by molar-refractivity contribution is 7.09. The molecule has 1 aromatic carbocycles. The minimum absolute atomic E-state index is 0.653. The van der Waals surface area contributed by atoms with E-state index in [0.717, 1.165) is 18.2 Å². The van der Waals surface area contributed by atoms with Gasteiger partial charge in [-0.25, -0.2) is 4.99 Å². The number of thiophene rings is 1. The molecule has 0 fully saturated rings. The Morgan fingerprint density at radius 1 is 1.18 bits per heavy atom. The normalized spacial score (nSPS) is 11.1. The molecule has 0 unspecified atom stereocenters. The van der Waals surface area contributed by atoms with Crippen LogP contribution in [-0.2, 0) is 6.54 Å². The van der Waals surface area contributed by atoms with E-state index < -0.39 is 0 Å². The van der Waals surface area contributed by atoms with Crippen molar-refractivity contribution in [1.82, 2.24) is 5.32 Å². The molecule has 0 radical (unpaired) electrons. The molecule has 1 heterocycles. The maximum Gasteiger partial charge on any atom is 0.196 e. The number of ether oxygens (including phenoxy) is 2. The lowest BCUT2D eigenvalue weighted by atomic mass is 10.3. The molecule has 118 valence electrons. The summed E-state index contributed by atoms with van der Waals surface area (Å²) in [5, 5.41) is 8.56. The fourth-order valence-electron chi connectivity index (χ4n) is 1.92. The summed E-state index contributed by atoms with van der Waals surface area (Å²) in [6, 6.07) is 9.79. The molecule has 0 amide bonds. The second-order valence-electron chi connectivity index (χ2n) is 4.47. The molecular formula is C16H21N3O2S. The molecule has 22 heavy (non-hydrogen) atoms. The molecule has 0 bridgehead atoms. The topological polar surface area (TPSA) is 54.9 Å². The molecule has 0 saturated carbocycles. The van der Waals surface area contributed by atoms with E-state index in [0.29, 0.717) is 18.0 Å². The van der Waals surface area contributed by atoms with Gasteiger partial charge in [0.2, 0.25) is 0 Å². The predicted octanol–water partition coefficient (Wildman–Crippen LogP) is 3.34. The molecule has 0 spiro atoms. The summed E-state index contributed by atoms with van der Waals surface area (Å²) >= 11 is 1.70. The molecule has 0 aliphatic heterocycles. The molecule has 0 atom stereocenters. The van der Waals surface area contributed by atoms with Crippen LogP contribution in [-0.4, -0.2) is 26.7 Å². The van der Waals surface area contributed by atoms with Crippen molar-refractivity contribution in [3.63, 3.8) is 0 Å². The first-order chi connectivity index (χ1) is 10.8. The fraction of sp³-hybridized carbons (Fsp3) is 0.312. The highest BCUT2D eigenvalue weighted by Gasteiger charge is 2.06. The van der Waals surface area contributed by atoms with Crippen molar-refractivity contribution in [2.45, 2.75) is 13.5 Å². The van der Waals surface area contributed by atoms with Crippen molar-refractivity contribution in [2.24, 2.45) is 4.99 Å². The number of benzene rings is 1. The number of rotatable bonds is 6. The summed E-state index contributed by atoms with van der Waals surface area (Å²) < 4.78 is 10.6. The van der Waals surface area contributed by atoms with Crippen LogP contribution >= 0.6 is 11.3 Å². The Hall–Kier alpha value is -2.21. The Labute approximate surface area is 135 Å². The van der Waals surface area contributed by atoms with Crippen molar-refractivity contribution in [1.29, 1.82) is 0 Å². The molecule has 0 aliphatic rings. The zero-order valence-electron chi connectivity index (χ0n) is 13.1.